The Morgan fingerprint density at radius 3 is 2.38 bits per heavy atom. The van der Waals surface area contributed by atoms with E-state index in [4.69, 9.17) is 0 Å². The Morgan fingerprint density at radius 2 is 1.81 bits per heavy atom. The van der Waals surface area contributed by atoms with Crippen LogP contribution in [0, 0.1) is 13.8 Å². The number of sulfonamides is 1. The number of nitrogens with one attached hydrogen (secondary N) is 1. The fraction of sp³-hybridized carbons (Fsp3) is 0.421. The van der Waals surface area contributed by atoms with Crippen LogP contribution in [-0.4, -0.2) is 51.0 Å². The molecule has 140 valence electrons. The number of likely N-dealkylation sites (N-methyl/N-ethyl adjacent to an activating group) is 1. The van der Waals surface area contributed by atoms with Gasteiger partial charge < -0.3 is 9.80 Å². The highest BCUT2D eigenvalue weighted by molar-refractivity contribution is 7.92. The average molecular weight is 375 g/mol. The molecule has 1 saturated heterocycles. The number of piperazine rings is 1. The summed E-state index contributed by atoms with van der Waals surface area (Å²) in [6.07, 6.45) is 1.59. The van der Waals surface area contributed by atoms with Gasteiger partial charge in [-0.15, -0.1) is 0 Å². The molecular weight excluding hydrogens is 348 g/mol. The normalized spacial score (nSPS) is 15.9. The van der Waals surface area contributed by atoms with E-state index in [1.54, 1.807) is 31.3 Å². The third-order valence-corrected chi connectivity index (χ3v) is 6.31. The van der Waals surface area contributed by atoms with Crippen LogP contribution in [0.25, 0.3) is 0 Å². The molecule has 26 heavy (non-hydrogen) atoms. The first-order valence-corrected chi connectivity index (χ1v) is 10.4. The minimum absolute atomic E-state index is 0.294. The molecule has 0 bridgehead atoms. The van der Waals surface area contributed by atoms with Crippen molar-refractivity contribution in [1.29, 1.82) is 0 Å². The van der Waals surface area contributed by atoms with E-state index in [9.17, 15) is 8.42 Å². The molecule has 1 aliphatic rings. The molecule has 0 spiro atoms. The summed E-state index contributed by atoms with van der Waals surface area (Å²) >= 11 is 0. The van der Waals surface area contributed by atoms with Gasteiger partial charge >= 0.3 is 0 Å². The summed E-state index contributed by atoms with van der Waals surface area (Å²) in [6, 6.07) is 8.96. The SMILES string of the molecule is CCN1CCN(c2ccc(NS(=O)(=O)c3ccc(C)cc3C)cn2)CC1. The molecule has 0 amide bonds. The third kappa shape index (κ3) is 4.16. The van der Waals surface area contributed by atoms with E-state index in [1.165, 1.54) is 0 Å². The van der Waals surface area contributed by atoms with Gasteiger partial charge in [-0.25, -0.2) is 13.4 Å². The molecule has 6 nitrogen and oxygen atoms in total. The number of benzene rings is 1. The second kappa shape index (κ2) is 7.63. The zero-order valence-electron chi connectivity index (χ0n) is 15.6. The molecule has 0 aliphatic carbocycles. The van der Waals surface area contributed by atoms with Crippen molar-refractivity contribution in [2.45, 2.75) is 25.7 Å². The third-order valence-electron chi connectivity index (χ3n) is 4.76. The predicted molar refractivity (Wildman–Crippen MR) is 105 cm³/mol. The first-order valence-electron chi connectivity index (χ1n) is 8.92. The maximum absolute atomic E-state index is 12.6. The summed E-state index contributed by atoms with van der Waals surface area (Å²) < 4.78 is 27.9. The predicted octanol–water partition coefficient (Wildman–Crippen LogP) is 2.64. The minimum atomic E-state index is -3.62. The molecular formula is C19H26N4O2S. The van der Waals surface area contributed by atoms with E-state index in [1.807, 2.05) is 19.1 Å². The van der Waals surface area contributed by atoms with E-state index in [2.05, 4.69) is 26.4 Å². The highest BCUT2D eigenvalue weighted by Gasteiger charge is 2.19. The molecule has 1 aromatic carbocycles. The molecule has 2 aromatic rings. The lowest BCUT2D eigenvalue weighted by Crippen LogP contribution is -2.46. The van der Waals surface area contributed by atoms with Crippen molar-refractivity contribution in [3.8, 4) is 0 Å². The minimum Gasteiger partial charge on any atom is -0.354 e. The average Bonchev–Trinajstić information content (AvgIpc) is 2.62. The number of hydrogen-bond donors (Lipinski definition) is 1. The fourth-order valence-corrected chi connectivity index (χ4v) is 4.51. The smallest absolute Gasteiger partial charge is 0.262 e. The fourth-order valence-electron chi connectivity index (χ4n) is 3.24. The molecule has 3 rings (SSSR count). The second-order valence-electron chi connectivity index (χ2n) is 6.70. The number of hydrogen-bond acceptors (Lipinski definition) is 5. The summed E-state index contributed by atoms with van der Waals surface area (Å²) in [7, 11) is -3.62. The molecule has 0 saturated carbocycles. The van der Waals surface area contributed by atoms with Gasteiger partial charge in [0.2, 0.25) is 0 Å². The van der Waals surface area contributed by atoms with E-state index in [0.29, 0.717) is 10.6 Å². The van der Waals surface area contributed by atoms with Crippen molar-refractivity contribution in [2.75, 3.05) is 42.3 Å². The lowest BCUT2D eigenvalue weighted by atomic mass is 10.2. The zero-order chi connectivity index (χ0) is 18.7. The Bertz CT molecular complexity index is 858. The van der Waals surface area contributed by atoms with E-state index in [-0.39, 0.29) is 0 Å². The van der Waals surface area contributed by atoms with Gasteiger partial charge in [0.05, 0.1) is 16.8 Å². The highest BCUT2D eigenvalue weighted by Crippen LogP contribution is 2.21. The Morgan fingerprint density at radius 1 is 1.08 bits per heavy atom. The van der Waals surface area contributed by atoms with E-state index >= 15 is 0 Å². The number of aryl methyl sites for hydroxylation is 2. The van der Waals surface area contributed by atoms with Crippen molar-refractivity contribution in [3.05, 3.63) is 47.7 Å². The van der Waals surface area contributed by atoms with E-state index in [0.717, 1.165) is 49.7 Å². The molecule has 1 aromatic heterocycles. The molecule has 1 N–H and O–H groups in total. The summed E-state index contributed by atoms with van der Waals surface area (Å²) in [5.41, 5.74) is 2.24. The number of anilines is 2. The summed E-state index contributed by atoms with van der Waals surface area (Å²) in [5.74, 6) is 0.884. The lowest BCUT2D eigenvalue weighted by molar-refractivity contribution is 0.270. The highest BCUT2D eigenvalue weighted by atomic mass is 32.2. The number of rotatable bonds is 5. The number of pyridine rings is 1. The van der Waals surface area contributed by atoms with Crippen LogP contribution in [0.4, 0.5) is 11.5 Å². The van der Waals surface area contributed by atoms with Gasteiger partial charge in [-0.3, -0.25) is 4.72 Å². The topological polar surface area (TPSA) is 65.5 Å². The van der Waals surface area contributed by atoms with Crippen LogP contribution in [0.3, 0.4) is 0 Å². The van der Waals surface area contributed by atoms with Crippen molar-refractivity contribution in [2.24, 2.45) is 0 Å². The molecule has 0 unspecified atom stereocenters. The molecule has 1 aliphatic heterocycles. The van der Waals surface area contributed by atoms with Gasteiger partial charge in [-0.2, -0.15) is 0 Å². The monoisotopic (exact) mass is 374 g/mol. The van der Waals surface area contributed by atoms with Crippen molar-refractivity contribution >= 4 is 21.5 Å². The summed E-state index contributed by atoms with van der Waals surface area (Å²) in [6.45, 7) is 10.9. The van der Waals surface area contributed by atoms with Crippen LogP contribution in [0.5, 0.6) is 0 Å². The maximum atomic E-state index is 12.6. The number of aromatic nitrogens is 1. The van der Waals surface area contributed by atoms with E-state index < -0.39 is 10.0 Å². The molecule has 1 fully saturated rings. The largest absolute Gasteiger partial charge is 0.354 e. The standard InChI is InChI=1S/C19H26N4O2S/c1-4-22-9-11-23(12-10-22)19-8-6-17(14-20-19)21-26(24,25)18-7-5-15(2)13-16(18)3/h5-8,13-14,21H,4,9-12H2,1-3H3. The van der Waals surface area contributed by atoms with Gasteiger partial charge in [-0.05, 0) is 44.2 Å². The van der Waals surface area contributed by atoms with Crippen LogP contribution < -0.4 is 9.62 Å². The first kappa shape index (κ1) is 18.7. The quantitative estimate of drug-likeness (QED) is 0.872. The summed E-state index contributed by atoms with van der Waals surface area (Å²) in [5, 5.41) is 0. The molecule has 7 heteroatoms. The lowest BCUT2D eigenvalue weighted by Gasteiger charge is -2.34. The van der Waals surface area contributed by atoms with Crippen LogP contribution in [0.2, 0.25) is 0 Å². The van der Waals surface area contributed by atoms with Gasteiger partial charge in [0.25, 0.3) is 10.0 Å². The van der Waals surface area contributed by atoms with Crippen LogP contribution in [0.1, 0.15) is 18.1 Å². The summed E-state index contributed by atoms with van der Waals surface area (Å²) in [4.78, 5) is 9.38. The second-order valence-corrected chi connectivity index (χ2v) is 8.35. The van der Waals surface area contributed by atoms with Gasteiger partial charge in [-0.1, -0.05) is 24.6 Å². The maximum Gasteiger partial charge on any atom is 0.262 e. The Balaban J connectivity index is 1.71. The Labute approximate surface area is 155 Å². The molecule has 0 radical (unpaired) electrons. The zero-order valence-corrected chi connectivity index (χ0v) is 16.4. The van der Waals surface area contributed by atoms with Gasteiger partial charge in [0.1, 0.15) is 5.82 Å². The Hall–Kier alpha value is -2.12. The van der Waals surface area contributed by atoms with Gasteiger partial charge in [0, 0.05) is 26.2 Å². The number of nitrogens with zero attached hydrogens (tertiary/aromatic N) is 3. The van der Waals surface area contributed by atoms with Gasteiger partial charge in [0.15, 0.2) is 0 Å². The Kier molecular flexibility index (Phi) is 5.48. The first-order chi connectivity index (χ1) is 12.4. The van der Waals surface area contributed by atoms with Crippen molar-refractivity contribution in [1.82, 2.24) is 9.88 Å². The molecule has 0 atom stereocenters. The van der Waals surface area contributed by atoms with Crippen LogP contribution in [-0.2, 0) is 10.0 Å². The van der Waals surface area contributed by atoms with Crippen LogP contribution in [0.15, 0.2) is 41.4 Å². The van der Waals surface area contributed by atoms with Crippen molar-refractivity contribution in [3.63, 3.8) is 0 Å². The van der Waals surface area contributed by atoms with Crippen LogP contribution >= 0.6 is 0 Å². The molecule has 2 heterocycles. The van der Waals surface area contributed by atoms with Crippen molar-refractivity contribution < 1.29 is 8.42 Å².